The van der Waals surface area contributed by atoms with Gasteiger partial charge in [0.2, 0.25) is 0 Å². The summed E-state index contributed by atoms with van der Waals surface area (Å²) in [6.45, 7) is 18.2. The van der Waals surface area contributed by atoms with Gasteiger partial charge in [0.05, 0.1) is 22.5 Å². The summed E-state index contributed by atoms with van der Waals surface area (Å²) >= 11 is 1.50. The van der Waals surface area contributed by atoms with Gasteiger partial charge in [-0.15, -0.1) is 11.3 Å². The molecular formula is C37H44N4O5SSi. The van der Waals surface area contributed by atoms with Crippen LogP contribution in [0.2, 0.25) is 13.1 Å². The molecule has 0 bridgehead atoms. The number of ether oxygens (including phenoxy) is 3. The Morgan fingerprint density at radius 1 is 1.08 bits per heavy atom. The topological polar surface area (TPSA) is 132 Å². The number of rotatable bonds is 11. The Hall–Kier alpha value is -4.31. The molecule has 3 heterocycles. The molecule has 2 aromatic rings. The molecule has 0 radical (unpaired) electrons. The zero-order chi connectivity index (χ0) is 35.2. The molecule has 9 nitrogen and oxygen atoms in total. The lowest BCUT2D eigenvalue weighted by molar-refractivity contribution is -0.0470. The first kappa shape index (κ1) is 36.5. The molecule has 1 N–H and O–H groups in total. The molecule has 2 aliphatic heterocycles. The summed E-state index contributed by atoms with van der Waals surface area (Å²) in [6, 6.07) is 14.0. The van der Waals surface area contributed by atoms with Crippen molar-refractivity contribution in [2.75, 3.05) is 31.2 Å². The van der Waals surface area contributed by atoms with E-state index >= 15 is 0 Å². The van der Waals surface area contributed by atoms with E-state index in [4.69, 9.17) is 18.6 Å². The number of hydrogen-bond acceptors (Lipinski definition) is 10. The molecule has 1 aromatic heterocycles. The normalized spacial score (nSPS) is 17.7. The highest BCUT2D eigenvalue weighted by molar-refractivity contribution is 7.14. The number of hydrogen-bond donors (Lipinski definition) is 1. The number of aliphatic hydroxyl groups excluding tert-OH is 1. The van der Waals surface area contributed by atoms with Crippen LogP contribution in [-0.2, 0) is 9.16 Å². The van der Waals surface area contributed by atoms with Gasteiger partial charge >= 0.3 is 0 Å². The monoisotopic (exact) mass is 684 g/mol. The Balaban J connectivity index is 1.77. The second kappa shape index (κ2) is 15.3. The summed E-state index contributed by atoms with van der Waals surface area (Å²) in [5.41, 5.74) is 1.39. The Bertz CT molecular complexity index is 1730. The molecule has 2 aliphatic rings. The van der Waals surface area contributed by atoms with Gasteiger partial charge in [-0.2, -0.15) is 15.8 Å². The van der Waals surface area contributed by atoms with Crippen molar-refractivity contribution < 1.29 is 23.7 Å². The van der Waals surface area contributed by atoms with Gasteiger partial charge in [0.1, 0.15) is 36.0 Å². The molecule has 0 saturated carbocycles. The van der Waals surface area contributed by atoms with Crippen molar-refractivity contribution in [3.05, 3.63) is 68.1 Å². The molecule has 4 rings (SSSR count). The molecule has 252 valence electrons. The lowest BCUT2D eigenvalue weighted by Crippen LogP contribution is -2.49. The van der Waals surface area contributed by atoms with Crippen LogP contribution in [0, 0.1) is 39.4 Å². The van der Waals surface area contributed by atoms with Crippen molar-refractivity contribution in [2.45, 2.75) is 72.4 Å². The molecule has 0 aliphatic carbocycles. The summed E-state index contributed by atoms with van der Waals surface area (Å²) in [5.74, 6) is 1.25. The fourth-order valence-corrected chi connectivity index (χ4v) is 7.90. The predicted octanol–water partition coefficient (Wildman–Crippen LogP) is 7.24. The van der Waals surface area contributed by atoms with Crippen LogP contribution in [0.3, 0.4) is 0 Å². The smallest absolute Gasteiger partial charge is 0.180 e. The Labute approximate surface area is 289 Å². The zero-order valence-electron chi connectivity index (χ0n) is 29.0. The average molecular weight is 685 g/mol. The molecular weight excluding hydrogens is 641 g/mol. The first-order valence-corrected chi connectivity index (χ1v) is 19.7. The third-order valence-electron chi connectivity index (χ3n) is 8.05. The average Bonchev–Trinajstić information content (AvgIpc) is 3.52. The minimum absolute atomic E-state index is 0.00363. The van der Waals surface area contributed by atoms with Crippen LogP contribution in [-0.4, -0.2) is 58.3 Å². The van der Waals surface area contributed by atoms with E-state index < -0.39 is 14.6 Å². The van der Waals surface area contributed by atoms with Crippen molar-refractivity contribution in [3.63, 3.8) is 0 Å². The van der Waals surface area contributed by atoms with Crippen LogP contribution in [0.15, 0.2) is 52.8 Å². The lowest BCUT2D eigenvalue weighted by atomic mass is 9.86. The molecule has 2 unspecified atom stereocenters. The summed E-state index contributed by atoms with van der Waals surface area (Å²) in [6.07, 6.45) is 7.21. The summed E-state index contributed by atoms with van der Waals surface area (Å²) in [5, 5.41) is 38.4. The number of likely N-dealkylation sites (N-methyl/N-ethyl adjacent to an activating group) is 1. The highest BCUT2D eigenvalue weighted by Gasteiger charge is 2.41. The standard InChI is InChI=1S/C37H44N4O5SSi/c1-9-41(18-19-42)26-13-10-24(11-14-26)12-16-30-33-34(44-29(23-43-33)35(36(2,3)4)46-48(7)8)31(47-30)17-15-28-27(22-40)32(25(20-38)21-39)45-37(28,5)6/h10-17,29,35,42,48H,9,18-19,23H2,1-8H3/b16-12+,17-15+. The van der Waals surface area contributed by atoms with E-state index in [0.717, 1.165) is 27.5 Å². The van der Waals surface area contributed by atoms with E-state index in [9.17, 15) is 20.9 Å². The molecule has 0 fully saturated rings. The lowest BCUT2D eigenvalue weighted by Gasteiger charge is -2.39. The highest BCUT2D eigenvalue weighted by atomic mass is 32.1. The van der Waals surface area contributed by atoms with Crippen LogP contribution in [0.25, 0.3) is 18.2 Å². The largest absolute Gasteiger partial charge is 0.484 e. The fourth-order valence-electron chi connectivity index (χ4n) is 5.75. The van der Waals surface area contributed by atoms with Crippen molar-refractivity contribution in [1.82, 2.24) is 0 Å². The third kappa shape index (κ3) is 8.03. The number of allylic oxidation sites excluding steroid dienone is 2. The van der Waals surface area contributed by atoms with Gasteiger partial charge in [-0.3, -0.25) is 0 Å². The van der Waals surface area contributed by atoms with Gasteiger partial charge in [-0.05, 0) is 69.1 Å². The Kier molecular flexibility index (Phi) is 11.6. The Morgan fingerprint density at radius 3 is 2.29 bits per heavy atom. The highest BCUT2D eigenvalue weighted by Crippen LogP contribution is 2.49. The molecule has 1 aromatic carbocycles. The summed E-state index contributed by atoms with van der Waals surface area (Å²) in [7, 11) is -1.40. The maximum absolute atomic E-state index is 10.0. The van der Waals surface area contributed by atoms with Crippen LogP contribution in [0.1, 0.15) is 56.9 Å². The van der Waals surface area contributed by atoms with Crippen molar-refractivity contribution in [1.29, 1.82) is 15.8 Å². The second-order valence-electron chi connectivity index (χ2n) is 13.4. The molecule has 48 heavy (non-hydrogen) atoms. The maximum Gasteiger partial charge on any atom is 0.180 e. The van der Waals surface area contributed by atoms with Crippen LogP contribution in [0.5, 0.6) is 11.5 Å². The van der Waals surface area contributed by atoms with Gasteiger partial charge in [0.25, 0.3) is 0 Å². The van der Waals surface area contributed by atoms with Crippen LogP contribution >= 0.6 is 11.3 Å². The Morgan fingerprint density at radius 2 is 1.73 bits per heavy atom. The number of nitrogens with zero attached hydrogens (tertiary/aromatic N) is 4. The van der Waals surface area contributed by atoms with Gasteiger partial charge < -0.3 is 28.6 Å². The van der Waals surface area contributed by atoms with Crippen molar-refractivity contribution >= 4 is 44.3 Å². The summed E-state index contributed by atoms with van der Waals surface area (Å²) < 4.78 is 25.7. The zero-order valence-corrected chi connectivity index (χ0v) is 30.9. The van der Waals surface area contributed by atoms with E-state index in [1.54, 1.807) is 19.9 Å². The van der Waals surface area contributed by atoms with E-state index in [2.05, 4.69) is 51.8 Å². The molecule has 0 spiro atoms. The number of thiophene rings is 1. The van der Waals surface area contributed by atoms with Crippen LogP contribution < -0.4 is 14.4 Å². The maximum atomic E-state index is 10.0. The first-order valence-electron chi connectivity index (χ1n) is 16.1. The van der Waals surface area contributed by atoms with Crippen molar-refractivity contribution in [2.24, 2.45) is 5.41 Å². The third-order valence-corrected chi connectivity index (χ3v) is 9.97. The number of nitriles is 3. The molecule has 11 heteroatoms. The first-order chi connectivity index (χ1) is 22.8. The molecule has 0 amide bonds. The van der Waals surface area contributed by atoms with Gasteiger partial charge in [-0.25, -0.2) is 0 Å². The number of fused-ring (bicyclic) bond motifs is 1. The number of benzene rings is 1. The number of aliphatic hydroxyl groups is 1. The van der Waals surface area contributed by atoms with E-state index in [-0.39, 0.29) is 41.1 Å². The second-order valence-corrected chi connectivity index (χ2v) is 16.9. The van der Waals surface area contributed by atoms with Gasteiger partial charge in [0, 0.05) is 24.4 Å². The van der Waals surface area contributed by atoms with Crippen molar-refractivity contribution in [3.8, 4) is 29.7 Å². The van der Waals surface area contributed by atoms with E-state index in [1.807, 2.05) is 54.6 Å². The van der Waals surface area contributed by atoms with E-state index in [0.29, 0.717) is 30.2 Å². The quantitative estimate of drug-likeness (QED) is 0.192. The van der Waals surface area contributed by atoms with E-state index in [1.165, 1.54) is 11.3 Å². The SMILES string of the molecule is CCN(CCO)c1ccc(/C=C/c2sc(/C=C/C3=C(C#N)C(=C(C#N)C#N)OC3(C)C)c3c2OCC(C(O[SiH](C)C)C(C)(C)C)O3)cc1. The predicted molar refractivity (Wildman–Crippen MR) is 193 cm³/mol. The minimum atomic E-state index is -1.40. The van der Waals surface area contributed by atoms with Gasteiger partial charge in [-0.1, -0.05) is 45.1 Å². The minimum Gasteiger partial charge on any atom is -0.484 e. The molecule has 2 atom stereocenters. The molecule has 0 saturated heterocycles. The summed E-state index contributed by atoms with van der Waals surface area (Å²) in [4.78, 5) is 3.78. The van der Waals surface area contributed by atoms with Crippen LogP contribution in [0.4, 0.5) is 5.69 Å². The fraction of sp³-hybridized carbons (Fsp3) is 0.432. The van der Waals surface area contributed by atoms with Gasteiger partial charge in [0.15, 0.2) is 38.0 Å². The number of anilines is 1.